The molecule has 0 radical (unpaired) electrons. The van der Waals surface area contributed by atoms with Gasteiger partial charge in [-0.25, -0.2) is 0 Å². The highest BCUT2D eigenvalue weighted by atomic mass is 79.9. The lowest BCUT2D eigenvalue weighted by atomic mass is 10.1. The third-order valence-electron chi connectivity index (χ3n) is 2.68. The van der Waals surface area contributed by atoms with Crippen molar-refractivity contribution in [1.29, 1.82) is 0 Å². The third kappa shape index (κ3) is 3.00. The van der Waals surface area contributed by atoms with Crippen LogP contribution in [-0.4, -0.2) is 10.0 Å². The van der Waals surface area contributed by atoms with Gasteiger partial charge in [-0.1, -0.05) is 22.0 Å². The molecule has 0 fully saturated rings. The predicted octanol–water partition coefficient (Wildman–Crippen LogP) is 4.79. The molecule has 6 nitrogen and oxygen atoms in total. The lowest BCUT2D eigenvalue weighted by Crippen LogP contribution is -1.90. The summed E-state index contributed by atoms with van der Waals surface area (Å²) >= 11 is 3.27. The van der Waals surface area contributed by atoms with E-state index in [0.717, 1.165) is 4.47 Å². The van der Waals surface area contributed by atoms with Crippen LogP contribution in [0, 0.1) is 17.0 Å². The van der Waals surface area contributed by atoms with Crippen LogP contribution in [0.15, 0.2) is 51.1 Å². The molecule has 0 spiro atoms. The Morgan fingerprint density at radius 3 is 2.60 bits per heavy atom. The molecule has 0 aliphatic carbocycles. The minimum atomic E-state index is -0.467. The largest absolute Gasteiger partial charge is 0.506 e. The molecule has 0 aliphatic heterocycles. The number of rotatable bonds is 3. The van der Waals surface area contributed by atoms with Crippen molar-refractivity contribution in [1.82, 2.24) is 0 Å². The van der Waals surface area contributed by atoms with E-state index < -0.39 is 4.92 Å². The molecule has 7 heteroatoms. The van der Waals surface area contributed by atoms with Crippen molar-refractivity contribution in [3.63, 3.8) is 0 Å². The monoisotopic (exact) mass is 335 g/mol. The maximum Gasteiger partial charge on any atom is 0.274 e. The molecule has 0 atom stereocenters. The molecule has 0 heterocycles. The van der Waals surface area contributed by atoms with Crippen molar-refractivity contribution >= 4 is 33.0 Å². The quantitative estimate of drug-likeness (QED) is 0.497. The number of hydrogen-bond acceptors (Lipinski definition) is 5. The van der Waals surface area contributed by atoms with E-state index in [4.69, 9.17) is 0 Å². The van der Waals surface area contributed by atoms with E-state index in [9.17, 15) is 15.2 Å². The van der Waals surface area contributed by atoms with Crippen molar-refractivity contribution in [2.75, 3.05) is 0 Å². The summed E-state index contributed by atoms with van der Waals surface area (Å²) in [6, 6.07) is 9.34. The number of nitrogens with zero attached hydrogens (tertiary/aromatic N) is 3. The van der Waals surface area contributed by atoms with Crippen LogP contribution in [0.2, 0.25) is 0 Å². The Bertz CT molecular complexity index is 701. The average molecular weight is 336 g/mol. The summed E-state index contributed by atoms with van der Waals surface area (Å²) in [4.78, 5) is 10.4. The number of nitro groups is 1. The Hall–Kier alpha value is -2.28. The number of nitro benzene ring substituents is 1. The smallest absolute Gasteiger partial charge is 0.274 e. The van der Waals surface area contributed by atoms with E-state index >= 15 is 0 Å². The Balaban J connectivity index is 2.39. The first-order chi connectivity index (χ1) is 9.49. The van der Waals surface area contributed by atoms with Gasteiger partial charge in [0.1, 0.15) is 11.4 Å². The van der Waals surface area contributed by atoms with Crippen LogP contribution >= 0.6 is 15.9 Å². The van der Waals surface area contributed by atoms with Crippen LogP contribution in [-0.2, 0) is 0 Å². The van der Waals surface area contributed by atoms with Gasteiger partial charge in [0.15, 0.2) is 0 Å². The summed E-state index contributed by atoms with van der Waals surface area (Å²) in [6.45, 7) is 1.60. The minimum absolute atomic E-state index is 0.0139. The lowest BCUT2D eigenvalue weighted by Gasteiger charge is -2.01. The van der Waals surface area contributed by atoms with Gasteiger partial charge in [0, 0.05) is 10.5 Å². The zero-order chi connectivity index (χ0) is 14.7. The summed E-state index contributed by atoms with van der Waals surface area (Å²) in [5.41, 5.74) is 1.08. The summed E-state index contributed by atoms with van der Waals surface area (Å²) in [6.07, 6.45) is 0. The second-order valence-corrected chi connectivity index (χ2v) is 4.93. The molecule has 20 heavy (non-hydrogen) atoms. The molecule has 1 N–H and O–H groups in total. The number of aromatic hydroxyl groups is 1. The maximum absolute atomic E-state index is 10.8. The number of azo groups is 1. The highest BCUT2D eigenvalue weighted by molar-refractivity contribution is 9.10. The third-order valence-corrected chi connectivity index (χ3v) is 3.17. The molecule has 0 aromatic heterocycles. The highest BCUT2D eigenvalue weighted by Gasteiger charge is 2.12. The zero-order valence-corrected chi connectivity index (χ0v) is 12.0. The van der Waals surface area contributed by atoms with Crippen LogP contribution in [0.1, 0.15) is 5.56 Å². The average Bonchev–Trinajstić information content (AvgIpc) is 2.41. The van der Waals surface area contributed by atoms with Gasteiger partial charge in [-0.3, -0.25) is 10.1 Å². The van der Waals surface area contributed by atoms with Crippen molar-refractivity contribution < 1.29 is 10.0 Å². The normalized spacial score (nSPS) is 10.9. The van der Waals surface area contributed by atoms with Crippen LogP contribution in [0.25, 0.3) is 0 Å². The molecule has 0 saturated heterocycles. The molecule has 102 valence electrons. The van der Waals surface area contributed by atoms with Gasteiger partial charge in [0.25, 0.3) is 5.69 Å². The predicted molar refractivity (Wildman–Crippen MR) is 77.8 cm³/mol. The van der Waals surface area contributed by atoms with Gasteiger partial charge in [0.05, 0.1) is 16.2 Å². The highest BCUT2D eigenvalue weighted by Crippen LogP contribution is 2.33. The van der Waals surface area contributed by atoms with E-state index in [0.29, 0.717) is 11.3 Å². The van der Waals surface area contributed by atoms with Crippen molar-refractivity contribution in [3.05, 3.63) is 56.5 Å². The molecular formula is C13H10BrN3O3. The second kappa shape index (κ2) is 5.79. The molecule has 0 amide bonds. The number of halogens is 1. The molecule has 0 aliphatic rings. The first-order valence-corrected chi connectivity index (χ1v) is 6.42. The molecule has 0 saturated carbocycles. The second-order valence-electron chi connectivity index (χ2n) is 4.01. The standard InChI is InChI=1S/C13H10BrN3O3/c1-8-10(3-2-4-12(8)17(19)20)15-16-11-7-9(14)5-6-13(11)18/h2-7,18H,1H3. The van der Waals surface area contributed by atoms with Crippen molar-refractivity contribution in [3.8, 4) is 5.75 Å². The van der Waals surface area contributed by atoms with E-state index in [1.54, 1.807) is 31.2 Å². The molecule has 2 rings (SSSR count). The van der Waals surface area contributed by atoms with Crippen LogP contribution in [0.3, 0.4) is 0 Å². The molecule has 0 unspecified atom stereocenters. The first-order valence-electron chi connectivity index (χ1n) is 5.63. The first kappa shape index (κ1) is 14.1. The number of benzene rings is 2. The Labute approximate surface area is 123 Å². The van der Waals surface area contributed by atoms with E-state index in [2.05, 4.69) is 26.2 Å². The Kier molecular flexibility index (Phi) is 4.09. The van der Waals surface area contributed by atoms with Gasteiger partial charge in [-0.05, 0) is 31.2 Å². The molecule has 2 aromatic rings. The summed E-state index contributed by atoms with van der Waals surface area (Å²) in [5, 5.41) is 28.4. The number of phenolic OH excluding ortho intramolecular Hbond substituents is 1. The SMILES string of the molecule is Cc1c(N=Nc2cc(Br)ccc2O)cccc1[N+](=O)[O-]. The van der Waals surface area contributed by atoms with E-state index in [1.807, 2.05) is 0 Å². The van der Waals surface area contributed by atoms with Gasteiger partial charge < -0.3 is 5.11 Å². The topological polar surface area (TPSA) is 88.1 Å². The summed E-state index contributed by atoms with van der Waals surface area (Å²) < 4.78 is 0.750. The van der Waals surface area contributed by atoms with Crippen molar-refractivity contribution in [2.45, 2.75) is 6.92 Å². The van der Waals surface area contributed by atoms with E-state index in [-0.39, 0.29) is 17.1 Å². The molecular weight excluding hydrogens is 326 g/mol. The van der Waals surface area contributed by atoms with Crippen molar-refractivity contribution in [2.24, 2.45) is 10.2 Å². The zero-order valence-electron chi connectivity index (χ0n) is 10.4. The number of phenols is 1. The van der Waals surface area contributed by atoms with Gasteiger partial charge >= 0.3 is 0 Å². The van der Waals surface area contributed by atoms with Crippen LogP contribution < -0.4 is 0 Å². The van der Waals surface area contributed by atoms with Gasteiger partial charge in [-0.15, -0.1) is 10.2 Å². The van der Waals surface area contributed by atoms with Crippen LogP contribution in [0.5, 0.6) is 5.75 Å². The fourth-order valence-electron chi connectivity index (χ4n) is 1.60. The molecule has 0 bridgehead atoms. The Morgan fingerprint density at radius 2 is 1.90 bits per heavy atom. The van der Waals surface area contributed by atoms with E-state index in [1.165, 1.54) is 12.1 Å². The summed E-state index contributed by atoms with van der Waals surface area (Å²) in [5.74, 6) is -0.0139. The van der Waals surface area contributed by atoms with Gasteiger partial charge in [0.2, 0.25) is 0 Å². The minimum Gasteiger partial charge on any atom is -0.506 e. The maximum atomic E-state index is 10.8. The fourth-order valence-corrected chi connectivity index (χ4v) is 1.95. The molecule has 2 aromatic carbocycles. The lowest BCUT2D eigenvalue weighted by molar-refractivity contribution is -0.385. The summed E-state index contributed by atoms with van der Waals surface area (Å²) in [7, 11) is 0. The Morgan fingerprint density at radius 1 is 1.20 bits per heavy atom. The van der Waals surface area contributed by atoms with Crippen LogP contribution in [0.4, 0.5) is 17.1 Å². The van der Waals surface area contributed by atoms with Gasteiger partial charge in [-0.2, -0.15) is 0 Å². The number of hydrogen-bond donors (Lipinski definition) is 1. The fraction of sp³-hybridized carbons (Fsp3) is 0.0769.